The van der Waals surface area contributed by atoms with Crippen molar-refractivity contribution in [3.8, 4) is 0 Å². The van der Waals surface area contributed by atoms with Crippen LogP contribution < -0.4 is 11.1 Å². The van der Waals surface area contributed by atoms with E-state index in [9.17, 15) is 4.79 Å². The van der Waals surface area contributed by atoms with Crippen LogP contribution in [0.3, 0.4) is 0 Å². The van der Waals surface area contributed by atoms with E-state index >= 15 is 0 Å². The highest BCUT2D eigenvalue weighted by atomic mass is 32.1. The molecule has 0 saturated heterocycles. The molecule has 4 heteroatoms. The first-order valence-electron chi connectivity index (χ1n) is 7.99. The molecule has 0 aromatic heterocycles. The molecule has 112 valence electrons. The van der Waals surface area contributed by atoms with Crippen molar-refractivity contribution < 1.29 is 4.79 Å². The number of hydrogen-bond acceptors (Lipinski definition) is 2. The lowest BCUT2D eigenvalue weighted by Crippen LogP contribution is -2.61. The van der Waals surface area contributed by atoms with E-state index in [2.05, 4.69) is 5.32 Å². The zero-order valence-corrected chi connectivity index (χ0v) is 13.4. The van der Waals surface area contributed by atoms with Crippen molar-refractivity contribution in [2.24, 2.45) is 28.9 Å². The van der Waals surface area contributed by atoms with Gasteiger partial charge >= 0.3 is 0 Å². The van der Waals surface area contributed by atoms with Gasteiger partial charge in [0.2, 0.25) is 5.91 Å². The summed E-state index contributed by atoms with van der Waals surface area (Å²) in [5.74, 6) is 2.56. The second kappa shape index (κ2) is 4.69. The minimum Gasteiger partial charge on any atom is -0.391 e. The molecule has 4 saturated carbocycles. The Morgan fingerprint density at radius 2 is 1.70 bits per heavy atom. The molecule has 0 aliphatic heterocycles. The fraction of sp³-hybridized carbons (Fsp3) is 0.875. The summed E-state index contributed by atoms with van der Waals surface area (Å²) in [6.07, 6.45) is 8.07. The molecule has 3 nitrogen and oxygen atoms in total. The molecule has 1 unspecified atom stereocenters. The predicted octanol–water partition coefficient (Wildman–Crippen LogP) is 2.77. The first-order valence-corrected chi connectivity index (χ1v) is 8.40. The van der Waals surface area contributed by atoms with Crippen LogP contribution >= 0.6 is 12.2 Å². The third kappa shape index (κ3) is 2.16. The van der Waals surface area contributed by atoms with Gasteiger partial charge in [0.05, 0.1) is 10.5 Å². The van der Waals surface area contributed by atoms with Crippen LogP contribution in [0.2, 0.25) is 0 Å². The van der Waals surface area contributed by atoms with Crippen molar-refractivity contribution >= 4 is 23.1 Å². The van der Waals surface area contributed by atoms with Crippen LogP contribution in [0.4, 0.5) is 0 Å². The van der Waals surface area contributed by atoms with Gasteiger partial charge in [-0.15, -0.1) is 0 Å². The molecule has 4 rings (SSSR count). The summed E-state index contributed by atoms with van der Waals surface area (Å²) in [6.45, 7) is 3.98. The quantitative estimate of drug-likeness (QED) is 0.784. The lowest BCUT2D eigenvalue weighted by Gasteiger charge is -2.56. The average Bonchev–Trinajstić information content (AvgIpc) is 2.36. The largest absolute Gasteiger partial charge is 0.391 e. The molecule has 0 aromatic carbocycles. The standard InChI is InChI=1S/C16H26N2OS/c1-3-15(2,13(17)20)18-14(19)16-7-10-4-11(8-16)6-12(5-10)9-16/h10-12H,3-9H2,1-2H3,(H2,17,20)(H,18,19). The summed E-state index contributed by atoms with van der Waals surface area (Å²) in [5.41, 5.74) is 5.19. The van der Waals surface area contributed by atoms with Gasteiger partial charge < -0.3 is 11.1 Å². The highest BCUT2D eigenvalue weighted by Gasteiger charge is 2.55. The first kappa shape index (κ1) is 14.3. The molecule has 20 heavy (non-hydrogen) atoms. The fourth-order valence-electron chi connectivity index (χ4n) is 5.10. The molecule has 0 heterocycles. The summed E-state index contributed by atoms with van der Waals surface area (Å²) < 4.78 is 0. The highest BCUT2D eigenvalue weighted by molar-refractivity contribution is 7.80. The van der Waals surface area contributed by atoms with E-state index in [1.807, 2.05) is 13.8 Å². The maximum absolute atomic E-state index is 12.9. The van der Waals surface area contributed by atoms with E-state index < -0.39 is 5.54 Å². The average molecular weight is 294 g/mol. The van der Waals surface area contributed by atoms with Gasteiger partial charge in [-0.2, -0.15) is 0 Å². The summed E-state index contributed by atoms with van der Waals surface area (Å²) in [6, 6.07) is 0. The molecule has 1 atom stereocenters. The van der Waals surface area contributed by atoms with E-state index in [-0.39, 0.29) is 11.3 Å². The first-order chi connectivity index (χ1) is 9.37. The zero-order valence-electron chi connectivity index (χ0n) is 12.6. The maximum Gasteiger partial charge on any atom is 0.227 e. The van der Waals surface area contributed by atoms with Gasteiger partial charge in [0.15, 0.2) is 0 Å². The Kier molecular flexibility index (Phi) is 3.35. The zero-order chi connectivity index (χ0) is 14.5. The van der Waals surface area contributed by atoms with Crippen LogP contribution in [-0.4, -0.2) is 16.4 Å². The monoisotopic (exact) mass is 294 g/mol. The second-order valence-corrected chi connectivity index (χ2v) is 8.14. The van der Waals surface area contributed by atoms with Gasteiger partial charge in [0.1, 0.15) is 0 Å². The Balaban J connectivity index is 1.79. The number of carbonyl (C=O) groups excluding carboxylic acids is 1. The van der Waals surface area contributed by atoms with Crippen LogP contribution in [0.15, 0.2) is 0 Å². The molecule has 0 aromatic rings. The van der Waals surface area contributed by atoms with Crippen molar-refractivity contribution in [1.29, 1.82) is 0 Å². The Morgan fingerprint density at radius 3 is 2.05 bits per heavy atom. The van der Waals surface area contributed by atoms with Crippen LogP contribution in [0.25, 0.3) is 0 Å². The van der Waals surface area contributed by atoms with E-state index in [1.54, 1.807) is 0 Å². The molecular formula is C16H26N2OS. The number of amides is 1. The highest BCUT2D eigenvalue weighted by Crippen LogP contribution is 2.60. The molecule has 0 spiro atoms. The maximum atomic E-state index is 12.9. The number of hydrogen-bond donors (Lipinski definition) is 2. The summed E-state index contributed by atoms with van der Waals surface area (Å²) >= 11 is 5.15. The molecule has 1 amide bonds. The van der Waals surface area contributed by atoms with Crippen LogP contribution in [-0.2, 0) is 4.79 Å². The lowest BCUT2D eigenvalue weighted by atomic mass is 9.49. The van der Waals surface area contributed by atoms with Crippen molar-refractivity contribution in [2.75, 3.05) is 0 Å². The number of carbonyl (C=O) groups is 1. The predicted molar refractivity (Wildman–Crippen MR) is 84.2 cm³/mol. The van der Waals surface area contributed by atoms with Crippen LogP contribution in [0.1, 0.15) is 58.8 Å². The number of nitrogens with two attached hydrogens (primary N) is 1. The molecule has 4 aliphatic rings. The molecule has 4 fully saturated rings. The van der Waals surface area contributed by atoms with Crippen LogP contribution in [0.5, 0.6) is 0 Å². The van der Waals surface area contributed by atoms with Crippen molar-refractivity contribution in [3.05, 3.63) is 0 Å². The van der Waals surface area contributed by atoms with Gasteiger partial charge in [0, 0.05) is 5.41 Å². The smallest absolute Gasteiger partial charge is 0.227 e. The lowest BCUT2D eigenvalue weighted by molar-refractivity contribution is -0.147. The van der Waals surface area contributed by atoms with Gasteiger partial charge in [-0.3, -0.25) is 4.79 Å². The third-order valence-corrected chi connectivity index (χ3v) is 6.61. The van der Waals surface area contributed by atoms with E-state index in [0.717, 1.165) is 43.4 Å². The Bertz CT molecular complexity index is 412. The molecule has 0 radical (unpaired) electrons. The molecule has 3 N–H and O–H groups in total. The van der Waals surface area contributed by atoms with E-state index in [0.29, 0.717) is 4.99 Å². The van der Waals surface area contributed by atoms with Gasteiger partial charge in [0.25, 0.3) is 0 Å². The molecule has 4 aliphatic carbocycles. The van der Waals surface area contributed by atoms with E-state index in [1.165, 1.54) is 19.3 Å². The second-order valence-electron chi connectivity index (χ2n) is 7.70. The van der Waals surface area contributed by atoms with Crippen LogP contribution in [0, 0.1) is 23.2 Å². The Labute approximate surface area is 127 Å². The Morgan fingerprint density at radius 1 is 1.25 bits per heavy atom. The van der Waals surface area contributed by atoms with Gasteiger partial charge in [-0.1, -0.05) is 19.1 Å². The van der Waals surface area contributed by atoms with Crippen molar-refractivity contribution in [2.45, 2.75) is 64.3 Å². The topological polar surface area (TPSA) is 55.1 Å². The normalized spacial score (nSPS) is 41.2. The molecule has 4 bridgehead atoms. The van der Waals surface area contributed by atoms with Gasteiger partial charge in [-0.05, 0) is 69.6 Å². The number of nitrogens with one attached hydrogen (secondary N) is 1. The third-order valence-electron chi connectivity index (χ3n) is 6.16. The molecular weight excluding hydrogens is 268 g/mol. The summed E-state index contributed by atoms with van der Waals surface area (Å²) in [5, 5.41) is 3.19. The minimum atomic E-state index is -0.532. The number of thiocarbonyl (C=S) groups is 1. The van der Waals surface area contributed by atoms with E-state index in [4.69, 9.17) is 18.0 Å². The minimum absolute atomic E-state index is 0.115. The SMILES string of the molecule is CCC(C)(NC(=O)C12CC3CC(CC(C3)C1)C2)C(N)=S. The fourth-order valence-corrected chi connectivity index (χ4v) is 5.29. The van der Waals surface area contributed by atoms with Crippen molar-refractivity contribution in [3.63, 3.8) is 0 Å². The Hall–Kier alpha value is -0.640. The number of rotatable bonds is 4. The summed E-state index contributed by atoms with van der Waals surface area (Å²) in [4.78, 5) is 13.4. The van der Waals surface area contributed by atoms with Crippen molar-refractivity contribution in [1.82, 2.24) is 5.32 Å². The van der Waals surface area contributed by atoms with Gasteiger partial charge in [-0.25, -0.2) is 0 Å². The summed E-state index contributed by atoms with van der Waals surface area (Å²) in [7, 11) is 0.